The maximum atomic E-state index is 13.0. The number of nitrogens with one attached hydrogen (secondary N) is 1. The Kier molecular flexibility index (Phi) is 7.19. The second-order valence-electron chi connectivity index (χ2n) is 7.95. The molecule has 1 heterocycles. The summed E-state index contributed by atoms with van der Waals surface area (Å²) in [5.41, 5.74) is 0.972. The normalized spacial score (nSPS) is 14.9. The van der Waals surface area contributed by atoms with Gasteiger partial charge in [0.25, 0.3) is 0 Å². The third-order valence-corrected chi connectivity index (χ3v) is 5.56. The number of ketones is 1. The van der Waals surface area contributed by atoms with Crippen LogP contribution in [0.25, 0.3) is 0 Å². The van der Waals surface area contributed by atoms with Gasteiger partial charge in [0.2, 0.25) is 11.8 Å². The molecule has 1 fully saturated rings. The predicted octanol–water partition coefficient (Wildman–Crippen LogP) is 4.81. The van der Waals surface area contributed by atoms with E-state index in [-0.39, 0.29) is 36.3 Å². The van der Waals surface area contributed by atoms with E-state index >= 15 is 0 Å². The second kappa shape index (κ2) is 10.6. The summed E-state index contributed by atoms with van der Waals surface area (Å²) in [5, 5.41) is 2.84. The van der Waals surface area contributed by atoms with Crippen LogP contribution in [0.15, 0.2) is 66.7 Å². The quantitative estimate of drug-likeness (QED) is 0.492. The van der Waals surface area contributed by atoms with Crippen LogP contribution < -0.4 is 10.1 Å². The fraction of sp³-hybridized carbons (Fsp3) is 0.222. The first-order chi connectivity index (χ1) is 16.5. The van der Waals surface area contributed by atoms with Gasteiger partial charge in [-0.2, -0.15) is 0 Å². The molecule has 1 aliphatic rings. The molecule has 3 aromatic rings. The van der Waals surface area contributed by atoms with Gasteiger partial charge >= 0.3 is 0 Å². The van der Waals surface area contributed by atoms with Crippen molar-refractivity contribution in [1.82, 2.24) is 4.90 Å². The number of benzene rings is 2. The van der Waals surface area contributed by atoms with Gasteiger partial charge in [0.15, 0.2) is 5.78 Å². The molecule has 4 rings (SSSR count). The smallest absolute Gasteiger partial charge is 0.247 e. The van der Waals surface area contributed by atoms with E-state index in [2.05, 4.69) is 17.4 Å². The van der Waals surface area contributed by atoms with Crippen LogP contribution in [0.1, 0.15) is 36.0 Å². The SMILES string of the molecule is O=C(CCC(=O)N1CCCC1C(=O)Nc1ccc(Oc2ccc(F)cc2)cc1)c1c#cccc1. The van der Waals surface area contributed by atoms with Crippen LogP contribution >= 0.6 is 0 Å². The first kappa shape index (κ1) is 23.0. The molecular weight excluding hydrogens is 435 g/mol. The van der Waals surface area contributed by atoms with Crippen molar-refractivity contribution in [2.45, 2.75) is 31.7 Å². The summed E-state index contributed by atoms with van der Waals surface area (Å²) in [5.74, 6) is 0.0442. The molecule has 2 amide bonds. The van der Waals surface area contributed by atoms with Gasteiger partial charge < -0.3 is 15.0 Å². The maximum absolute atomic E-state index is 13.0. The molecule has 0 saturated carbocycles. The minimum absolute atomic E-state index is 0.0424. The van der Waals surface area contributed by atoms with E-state index in [4.69, 9.17) is 4.74 Å². The lowest BCUT2D eigenvalue weighted by atomic mass is 10.1. The van der Waals surface area contributed by atoms with Crippen molar-refractivity contribution < 1.29 is 23.5 Å². The molecule has 1 saturated heterocycles. The molecule has 6 nitrogen and oxygen atoms in total. The summed E-state index contributed by atoms with van der Waals surface area (Å²) in [6.07, 6.45) is 1.40. The van der Waals surface area contributed by atoms with E-state index in [9.17, 15) is 18.8 Å². The molecular formula is C27H23FN2O4. The van der Waals surface area contributed by atoms with E-state index in [1.807, 2.05) is 0 Å². The molecule has 1 aliphatic heterocycles. The minimum Gasteiger partial charge on any atom is -0.457 e. The predicted molar refractivity (Wildman–Crippen MR) is 124 cm³/mol. The molecule has 0 bridgehead atoms. The number of carbonyl (C=O) groups is 3. The lowest BCUT2D eigenvalue weighted by Gasteiger charge is -2.24. The molecule has 1 atom stereocenters. The van der Waals surface area contributed by atoms with E-state index in [0.29, 0.717) is 35.7 Å². The van der Waals surface area contributed by atoms with E-state index in [1.54, 1.807) is 47.4 Å². The van der Waals surface area contributed by atoms with Crippen molar-refractivity contribution in [3.8, 4) is 11.5 Å². The number of halogens is 1. The molecule has 0 aliphatic carbocycles. The first-order valence-electron chi connectivity index (χ1n) is 11.0. The van der Waals surface area contributed by atoms with Crippen LogP contribution in [-0.2, 0) is 9.59 Å². The highest BCUT2D eigenvalue weighted by molar-refractivity contribution is 5.99. The summed E-state index contributed by atoms with van der Waals surface area (Å²) in [7, 11) is 0. The summed E-state index contributed by atoms with van der Waals surface area (Å²) in [6, 6.07) is 22.4. The third kappa shape index (κ3) is 5.78. The zero-order valence-corrected chi connectivity index (χ0v) is 18.4. The van der Waals surface area contributed by atoms with Crippen LogP contribution in [0.3, 0.4) is 0 Å². The lowest BCUT2D eigenvalue weighted by molar-refractivity contribution is -0.136. The number of carbonyl (C=O) groups excluding carboxylic acids is 3. The van der Waals surface area contributed by atoms with Crippen LogP contribution in [0.2, 0.25) is 0 Å². The standard InChI is InChI=1S/C27H23FN2O4/c28-20-8-12-22(13-9-20)34-23-14-10-21(11-15-23)29-27(33)24-7-4-18-30(24)26(32)17-16-25(31)19-5-2-1-3-6-19/h1-2,5,8-15,24H,4,7,16-18H2,(H,29,33). The number of nitrogens with zero attached hydrogens (tertiary/aromatic N) is 1. The third-order valence-electron chi connectivity index (χ3n) is 5.56. The Bertz CT molecular complexity index is 1150. The molecule has 0 radical (unpaired) electrons. The molecule has 0 aromatic heterocycles. The van der Waals surface area contributed by atoms with E-state index in [0.717, 1.165) is 6.42 Å². The highest BCUT2D eigenvalue weighted by atomic mass is 19.1. The molecule has 7 heteroatoms. The number of hydrogen-bond donors (Lipinski definition) is 1. The van der Waals surface area contributed by atoms with Gasteiger partial charge in [-0.25, -0.2) is 4.39 Å². The van der Waals surface area contributed by atoms with E-state index in [1.165, 1.54) is 24.3 Å². The Morgan fingerprint density at radius 1 is 1.00 bits per heavy atom. The Morgan fingerprint density at radius 3 is 2.38 bits per heavy atom. The maximum Gasteiger partial charge on any atom is 0.247 e. The zero-order chi connectivity index (χ0) is 23.9. The summed E-state index contributed by atoms with van der Waals surface area (Å²) >= 11 is 0. The molecule has 1 unspecified atom stereocenters. The van der Waals surface area contributed by atoms with Gasteiger partial charge in [-0.3, -0.25) is 14.4 Å². The average molecular weight is 458 g/mol. The number of ether oxygens (including phenoxy) is 1. The topological polar surface area (TPSA) is 75.7 Å². The number of likely N-dealkylation sites (tertiary alicyclic amines) is 1. The van der Waals surface area contributed by atoms with Crippen LogP contribution in [0, 0.1) is 17.9 Å². The summed E-state index contributed by atoms with van der Waals surface area (Å²) in [4.78, 5) is 39.4. The van der Waals surface area contributed by atoms with Crippen molar-refractivity contribution in [2.75, 3.05) is 11.9 Å². The molecule has 1 N–H and O–H groups in total. The largest absolute Gasteiger partial charge is 0.457 e. The Labute approximate surface area is 197 Å². The van der Waals surface area contributed by atoms with Crippen LogP contribution in [0.4, 0.5) is 10.1 Å². The van der Waals surface area contributed by atoms with Crippen molar-refractivity contribution in [1.29, 1.82) is 0 Å². The summed E-state index contributed by atoms with van der Waals surface area (Å²) in [6.45, 7) is 0.487. The van der Waals surface area contributed by atoms with Crippen LogP contribution in [0.5, 0.6) is 11.5 Å². The highest BCUT2D eigenvalue weighted by Gasteiger charge is 2.34. The zero-order valence-electron chi connectivity index (χ0n) is 18.4. The second-order valence-corrected chi connectivity index (χ2v) is 7.95. The number of anilines is 1. The number of Topliss-reactive ketones (excluding diaryl/α,β-unsaturated/α-hetero) is 1. The van der Waals surface area contributed by atoms with Crippen molar-refractivity contribution in [3.05, 3.63) is 90.2 Å². The van der Waals surface area contributed by atoms with Crippen molar-refractivity contribution >= 4 is 23.3 Å². The highest BCUT2D eigenvalue weighted by Crippen LogP contribution is 2.25. The number of rotatable bonds is 8. The Hall–Kier alpha value is -4.18. The summed E-state index contributed by atoms with van der Waals surface area (Å²) < 4.78 is 18.7. The average Bonchev–Trinajstić information content (AvgIpc) is 3.36. The first-order valence-corrected chi connectivity index (χ1v) is 11.0. The van der Waals surface area contributed by atoms with Crippen molar-refractivity contribution in [3.63, 3.8) is 0 Å². The van der Waals surface area contributed by atoms with Gasteiger partial charge in [-0.1, -0.05) is 18.2 Å². The van der Waals surface area contributed by atoms with Gasteiger partial charge in [0, 0.05) is 25.1 Å². The molecule has 3 aromatic carbocycles. The van der Waals surface area contributed by atoms with E-state index < -0.39 is 6.04 Å². The Morgan fingerprint density at radius 2 is 1.71 bits per heavy atom. The minimum atomic E-state index is -0.575. The Balaban J connectivity index is 1.30. The molecule has 172 valence electrons. The molecule has 0 spiro atoms. The lowest BCUT2D eigenvalue weighted by Crippen LogP contribution is -2.43. The van der Waals surface area contributed by atoms with Gasteiger partial charge in [-0.05, 0) is 73.5 Å². The fourth-order valence-electron chi connectivity index (χ4n) is 3.82. The number of hydrogen-bond acceptors (Lipinski definition) is 4. The van der Waals surface area contributed by atoms with Gasteiger partial charge in [0.1, 0.15) is 23.4 Å². The molecule has 34 heavy (non-hydrogen) atoms. The van der Waals surface area contributed by atoms with Gasteiger partial charge in [-0.15, -0.1) is 0 Å². The monoisotopic (exact) mass is 458 g/mol. The van der Waals surface area contributed by atoms with Gasteiger partial charge in [0.05, 0.1) is 5.56 Å². The fourth-order valence-corrected chi connectivity index (χ4v) is 3.82. The number of amides is 2. The van der Waals surface area contributed by atoms with Crippen LogP contribution in [-0.4, -0.2) is 35.1 Å². The van der Waals surface area contributed by atoms with Crippen molar-refractivity contribution in [2.24, 2.45) is 0 Å².